The number of rotatable bonds is 7. The topological polar surface area (TPSA) is 72.8 Å². The second kappa shape index (κ2) is 8.88. The van der Waals surface area contributed by atoms with E-state index in [2.05, 4.69) is 0 Å². The second-order valence-corrected chi connectivity index (χ2v) is 7.31. The highest BCUT2D eigenvalue weighted by Crippen LogP contribution is 2.32. The van der Waals surface area contributed by atoms with Crippen molar-refractivity contribution in [2.75, 3.05) is 6.61 Å². The molecule has 5 heteroatoms. The molecule has 0 bridgehead atoms. The van der Waals surface area contributed by atoms with Gasteiger partial charge in [-0.05, 0) is 49.7 Å². The van der Waals surface area contributed by atoms with Crippen LogP contribution in [0.5, 0.6) is 0 Å². The Bertz CT molecular complexity index is 578. The molecular weight excluding hydrogens is 320 g/mol. The number of hydrogen-bond donors (Lipinski definition) is 1. The van der Waals surface area contributed by atoms with Crippen LogP contribution in [-0.2, 0) is 20.7 Å². The van der Waals surface area contributed by atoms with Crippen LogP contribution in [0.3, 0.4) is 0 Å². The monoisotopic (exact) mass is 348 g/mol. The smallest absolute Gasteiger partial charge is 0.481 e. The molecule has 0 amide bonds. The van der Waals surface area contributed by atoms with Gasteiger partial charge in [-0.2, -0.15) is 0 Å². The van der Waals surface area contributed by atoms with Crippen LogP contribution in [0.1, 0.15) is 57.1 Å². The molecule has 0 radical (unpaired) electrons. The van der Waals surface area contributed by atoms with Crippen molar-refractivity contribution < 1.29 is 24.2 Å². The normalized spacial score (nSPS) is 21.1. The van der Waals surface area contributed by atoms with E-state index >= 15 is 0 Å². The lowest BCUT2D eigenvalue weighted by Gasteiger charge is -2.20. The predicted molar refractivity (Wildman–Crippen MR) is 94.6 cm³/mol. The molecule has 1 aromatic carbocycles. The van der Waals surface area contributed by atoms with Gasteiger partial charge in [-0.15, -0.1) is 0 Å². The Balaban J connectivity index is 1.90. The molecule has 3 atom stereocenters. The molecule has 1 fully saturated rings. The molecule has 2 rings (SSSR count). The highest BCUT2D eigenvalue weighted by atomic mass is 16.7. The predicted octanol–water partition coefficient (Wildman–Crippen LogP) is 4.40. The molecule has 1 saturated carbocycles. The minimum absolute atomic E-state index is 0.0997. The van der Waals surface area contributed by atoms with Crippen molar-refractivity contribution in [3.63, 3.8) is 0 Å². The molecule has 1 aliphatic carbocycles. The number of carbonyl (C=O) groups excluding carboxylic acids is 1. The van der Waals surface area contributed by atoms with Crippen LogP contribution in [0.2, 0.25) is 0 Å². The SMILES string of the molecule is CC(C)COC(=O)O[C@H]1CCC[C@@H]1Cc1ccc([C@H](C)C(=O)O)cc1. The summed E-state index contributed by atoms with van der Waals surface area (Å²) in [4.78, 5) is 22.8. The van der Waals surface area contributed by atoms with Crippen LogP contribution in [0, 0.1) is 11.8 Å². The van der Waals surface area contributed by atoms with Crippen molar-refractivity contribution in [2.45, 2.75) is 58.5 Å². The molecule has 25 heavy (non-hydrogen) atoms. The fourth-order valence-corrected chi connectivity index (χ4v) is 3.17. The van der Waals surface area contributed by atoms with Gasteiger partial charge in [-0.1, -0.05) is 38.1 Å². The van der Waals surface area contributed by atoms with Crippen LogP contribution in [0.4, 0.5) is 4.79 Å². The van der Waals surface area contributed by atoms with Crippen molar-refractivity contribution >= 4 is 12.1 Å². The molecule has 0 aliphatic heterocycles. The van der Waals surface area contributed by atoms with Gasteiger partial charge in [0.05, 0.1) is 12.5 Å². The lowest BCUT2D eigenvalue weighted by atomic mass is 9.93. The Kier molecular flexibility index (Phi) is 6.85. The lowest BCUT2D eigenvalue weighted by Crippen LogP contribution is -2.25. The Morgan fingerprint density at radius 2 is 1.84 bits per heavy atom. The Morgan fingerprint density at radius 3 is 2.44 bits per heavy atom. The van der Waals surface area contributed by atoms with E-state index in [4.69, 9.17) is 14.6 Å². The minimum Gasteiger partial charge on any atom is -0.481 e. The summed E-state index contributed by atoms with van der Waals surface area (Å²) in [5, 5.41) is 9.07. The van der Waals surface area contributed by atoms with Crippen molar-refractivity contribution in [1.29, 1.82) is 0 Å². The first-order valence-electron chi connectivity index (χ1n) is 9.02. The van der Waals surface area contributed by atoms with Crippen molar-refractivity contribution in [3.05, 3.63) is 35.4 Å². The number of carboxylic acids is 1. The molecule has 0 heterocycles. The molecule has 0 saturated heterocycles. The van der Waals surface area contributed by atoms with Crippen molar-refractivity contribution in [3.8, 4) is 0 Å². The number of carbonyl (C=O) groups is 2. The first kappa shape index (κ1) is 19.3. The summed E-state index contributed by atoms with van der Waals surface area (Å²) in [7, 11) is 0. The summed E-state index contributed by atoms with van der Waals surface area (Å²) in [5.41, 5.74) is 1.94. The van der Waals surface area contributed by atoms with Crippen molar-refractivity contribution in [1.82, 2.24) is 0 Å². The van der Waals surface area contributed by atoms with Crippen LogP contribution in [0.15, 0.2) is 24.3 Å². The summed E-state index contributed by atoms with van der Waals surface area (Å²) in [6.45, 7) is 6.03. The van der Waals surface area contributed by atoms with Crippen LogP contribution in [0.25, 0.3) is 0 Å². The average molecular weight is 348 g/mol. The zero-order valence-corrected chi connectivity index (χ0v) is 15.2. The van der Waals surface area contributed by atoms with E-state index < -0.39 is 18.0 Å². The van der Waals surface area contributed by atoms with E-state index in [0.717, 1.165) is 36.8 Å². The van der Waals surface area contributed by atoms with Gasteiger partial charge >= 0.3 is 12.1 Å². The molecule has 0 unspecified atom stereocenters. The fraction of sp³-hybridized carbons (Fsp3) is 0.600. The largest absolute Gasteiger partial charge is 0.508 e. The van der Waals surface area contributed by atoms with E-state index in [0.29, 0.717) is 12.5 Å². The Hall–Kier alpha value is -2.04. The Morgan fingerprint density at radius 1 is 1.16 bits per heavy atom. The summed E-state index contributed by atoms with van der Waals surface area (Å²) < 4.78 is 10.6. The van der Waals surface area contributed by atoms with Crippen molar-refractivity contribution in [2.24, 2.45) is 11.8 Å². The Labute approximate surface area is 149 Å². The zero-order valence-electron chi connectivity index (χ0n) is 15.2. The molecule has 0 aromatic heterocycles. The summed E-state index contributed by atoms with van der Waals surface area (Å²) in [6, 6.07) is 7.69. The summed E-state index contributed by atoms with van der Waals surface area (Å²) in [6.07, 6.45) is 3.09. The van der Waals surface area contributed by atoms with E-state index in [1.807, 2.05) is 38.1 Å². The first-order chi connectivity index (χ1) is 11.9. The highest BCUT2D eigenvalue weighted by Gasteiger charge is 2.31. The molecule has 0 spiro atoms. The molecule has 1 aromatic rings. The molecule has 1 aliphatic rings. The number of ether oxygens (including phenoxy) is 2. The van der Waals surface area contributed by atoms with E-state index in [-0.39, 0.29) is 12.0 Å². The van der Waals surface area contributed by atoms with E-state index in [9.17, 15) is 9.59 Å². The average Bonchev–Trinajstić information content (AvgIpc) is 2.99. The maximum Gasteiger partial charge on any atom is 0.508 e. The molecule has 5 nitrogen and oxygen atoms in total. The van der Waals surface area contributed by atoms with E-state index in [1.54, 1.807) is 6.92 Å². The van der Waals surface area contributed by atoms with Crippen LogP contribution >= 0.6 is 0 Å². The van der Waals surface area contributed by atoms with Crippen LogP contribution in [-0.4, -0.2) is 29.9 Å². The summed E-state index contributed by atoms with van der Waals surface area (Å²) >= 11 is 0. The third-order valence-corrected chi connectivity index (χ3v) is 4.72. The minimum atomic E-state index is -0.822. The van der Waals surface area contributed by atoms with Gasteiger partial charge in [0.15, 0.2) is 0 Å². The van der Waals surface area contributed by atoms with Gasteiger partial charge in [0.25, 0.3) is 0 Å². The van der Waals surface area contributed by atoms with Gasteiger partial charge in [0, 0.05) is 5.92 Å². The second-order valence-electron chi connectivity index (χ2n) is 7.31. The number of carboxylic acid groups (broad SMARTS) is 1. The zero-order chi connectivity index (χ0) is 18.4. The van der Waals surface area contributed by atoms with Gasteiger partial charge in [0.1, 0.15) is 6.10 Å². The molecular formula is C20H28O5. The first-order valence-corrected chi connectivity index (χ1v) is 9.02. The van der Waals surface area contributed by atoms with Crippen LogP contribution < -0.4 is 0 Å². The fourth-order valence-electron chi connectivity index (χ4n) is 3.17. The van der Waals surface area contributed by atoms with Gasteiger partial charge in [0.2, 0.25) is 0 Å². The highest BCUT2D eigenvalue weighted by molar-refractivity contribution is 5.75. The number of aliphatic carboxylic acids is 1. The third-order valence-electron chi connectivity index (χ3n) is 4.72. The quantitative estimate of drug-likeness (QED) is 0.740. The molecule has 1 N–H and O–H groups in total. The number of benzene rings is 1. The van der Waals surface area contributed by atoms with Gasteiger partial charge in [-0.25, -0.2) is 4.79 Å². The molecule has 138 valence electrons. The van der Waals surface area contributed by atoms with Gasteiger partial charge in [-0.3, -0.25) is 4.79 Å². The number of hydrogen-bond acceptors (Lipinski definition) is 4. The van der Waals surface area contributed by atoms with E-state index in [1.165, 1.54) is 0 Å². The third kappa shape index (κ3) is 5.76. The standard InChI is InChI=1S/C20H28O5/c1-13(2)12-24-20(23)25-18-6-4-5-17(18)11-15-7-9-16(10-8-15)14(3)19(21)22/h7-10,13-14,17-18H,4-6,11-12H2,1-3H3,(H,21,22)/t14-,17+,18-/m0/s1. The van der Waals surface area contributed by atoms with Gasteiger partial charge < -0.3 is 14.6 Å². The summed E-state index contributed by atoms with van der Waals surface area (Å²) in [5.74, 6) is -0.753. The lowest BCUT2D eigenvalue weighted by molar-refractivity contribution is -0.138. The maximum absolute atomic E-state index is 11.8. The maximum atomic E-state index is 11.8.